The Morgan fingerprint density at radius 1 is 1.27 bits per heavy atom. The van der Waals surface area contributed by atoms with Gasteiger partial charge in [0.2, 0.25) is 0 Å². The van der Waals surface area contributed by atoms with Gasteiger partial charge in [0.1, 0.15) is 0 Å². The van der Waals surface area contributed by atoms with Crippen LogP contribution in [-0.4, -0.2) is 17.3 Å². The molecule has 0 aliphatic rings. The van der Waals surface area contributed by atoms with E-state index in [2.05, 4.69) is 31.2 Å². The molecule has 0 aromatic heterocycles. The van der Waals surface area contributed by atoms with E-state index in [9.17, 15) is 13.2 Å². The predicted molar refractivity (Wildman–Crippen MR) is 49.5 cm³/mol. The minimum Gasteiger partial charge on any atom is -0.475 e. The molecule has 84 valence electrons. The van der Waals surface area contributed by atoms with Crippen LogP contribution in [0.3, 0.4) is 0 Å². The number of rotatable bonds is 1. The molecule has 0 bridgehead atoms. The smallest absolute Gasteiger partial charge is 0.475 e. The van der Waals surface area contributed by atoms with Gasteiger partial charge in [0.25, 0.3) is 0 Å². The van der Waals surface area contributed by atoms with Crippen LogP contribution >= 0.6 is 0 Å². The molecule has 2 nitrogen and oxygen atoms in total. The standard InChI is InChI=1S/C8H10.C2HF3O2/c1-2-8-6-4-3-5-7-8;3-2(4,5)1(6)7/h3-7H,2H2,1H3;(H,6,7). The van der Waals surface area contributed by atoms with Crippen molar-refractivity contribution in [3.05, 3.63) is 35.9 Å². The van der Waals surface area contributed by atoms with Crippen LogP contribution in [-0.2, 0) is 11.2 Å². The third kappa shape index (κ3) is 6.54. The number of alkyl halides is 3. The van der Waals surface area contributed by atoms with Gasteiger partial charge in [-0.2, -0.15) is 13.2 Å². The number of carbonyl (C=O) groups is 1. The number of hydrogen-bond acceptors (Lipinski definition) is 1. The summed E-state index contributed by atoms with van der Waals surface area (Å²) in [6.07, 6.45) is -3.94. The molecule has 0 saturated carbocycles. The Kier molecular flexibility index (Phi) is 5.44. The maximum atomic E-state index is 10.6. The van der Waals surface area contributed by atoms with Gasteiger partial charge in [-0.25, -0.2) is 4.79 Å². The molecule has 1 aromatic carbocycles. The largest absolute Gasteiger partial charge is 0.490 e. The number of benzene rings is 1. The van der Waals surface area contributed by atoms with E-state index in [0.29, 0.717) is 0 Å². The van der Waals surface area contributed by atoms with Gasteiger partial charge in [0.15, 0.2) is 0 Å². The molecule has 0 spiro atoms. The molecular formula is C10H11F3O2. The van der Waals surface area contributed by atoms with Crippen molar-refractivity contribution >= 4 is 5.97 Å². The van der Waals surface area contributed by atoms with Crippen LogP contribution < -0.4 is 0 Å². The lowest BCUT2D eigenvalue weighted by Crippen LogP contribution is -2.21. The van der Waals surface area contributed by atoms with Crippen LogP contribution in [0.25, 0.3) is 0 Å². The van der Waals surface area contributed by atoms with E-state index in [4.69, 9.17) is 9.90 Å². The fraction of sp³-hybridized carbons (Fsp3) is 0.300. The van der Waals surface area contributed by atoms with Gasteiger partial charge in [0.05, 0.1) is 0 Å². The van der Waals surface area contributed by atoms with Crippen molar-refractivity contribution in [3.63, 3.8) is 0 Å². The molecule has 0 radical (unpaired) electrons. The van der Waals surface area contributed by atoms with E-state index in [1.807, 2.05) is 6.07 Å². The second-order valence-corrected chi connectivity index (χ2v) is 2.64. The highest BCUT2D eigenvalue weighted by Gasteiger charge is 2.38. The van der Waals surface area contributed by atoms with Crippen molar-refractivity contribution in [2.75, 3.05) is 0 Å². The van der Waals surface area contributed by atoms with Gasteiger partial charge >= 0.3 is 12.1 Å². The summed E-state index contributed by atoms with van der Waals surface area (Å²) in [7, 11) is 0. The zero-order chi connectivity index (χ0) is 11.9. The highest BCUT2D eigenvalue weighted by Crippen LogP contribution is 2.13. The van der Waals surface area contributed by atoms with Gasteiger partial charge in [-0.3, -0.25) is 0 Å². The van der Waals surface area contributed by atoms with E-state index in [1.165, 1.54) is 5.56 Å². The molecule has 0 aliphatic carbocycles. The van der Waals surface area contributed by atoms with Crippen LogP contribution in [0.15, 0.2) is 30.3 Å². The zero-order valence-electron chi connectivity index (χ0n) is 8.08. The second kappa shape index (κ2) is 6.06. The number of carboxylic acid groups (broad SMARTS) is 1. The van der Waals surface area contributed by atoms with Crippen molar-refractivity contribution in [2.45, 2.75) is 19.5 Å². The Labute approximate surface area is 85.3 Å². The number of hydrogen-bond donors (Lipinski definition) is 1. The highest BCUT2D eigenvalue weighted by atomic mass is 19.4. The molecule has 1 rings (SSSR count). The van der Waals surface area contributed by atoms with Crippen LogP contribution in [0.2, 0.25) is 0 Å². The summed E-state index contributed by atoms with van der Waals surface area (Å²) in [6.45, 7) is 2.16. The maximum Gasteiger partial charge on any atom is 0.490 e. The van der Waals surface area contributed by atoms with Crippen LogP contribution in [0, 0.1) is 0 Å². The summed E-state index contributed by atoms with van der Waals surface area (Å²) in [4.78, 5) is 8.90. The van der Waals surface area contributed by atoms with Gasteiger partial charge in [-0.05, 0) is 12.0 Å². The van der Waals surface area contributed by atoms with E-state index >= 15 is 0 Å². The van der Waals surface area contributed by atoms with Crippen LogP contribution in [0.5, 0.6) is 0 Å². The van der Waals surface area contributed by atoms with Gasteiger partial charge in [-0.15, -0.1) is 0 Å². The Hall–Kier alpha value is -1.52. The molecule has 5 heteroatoms. The summed E-state index contributed by atoms with van der Waals surface area (Å²) in [5.41, 5.74) is 1.41. The van der Waals surface area contributed by atoms with Crippen molar-refractivity contribution in [1.29, 1.82) is 0 Å². The first-order valence-corrected chi connectivity index (χ1v) is 4.22. The fourth-order valence-electron chi connectivity index (χ4n) is 0.714. The van der Waals surface area contributed by atoms with E-state index in [0.717, 1.165) is 6.42 Å². The first-order chi connectivity index (χ1) is 6.88. The minimum atomic E-state index is -5.08. The lowest BCUT2D eigenvalue weighted by molar-refractivity contribution is -0.192. The molecule has 0 amide bonds. The first-order valence-electron chi connectivity index (χ1n) is 4.22. The Balaban J connectivity index is 0.000000265. The molecule has 0 aliphatic heterocycles. The average molecular weight is 220 g/mol. The number of halogens is 3. The van der Waals surface area contributed by atoms with Crippen molar-refractivity contribution in [3.8, 4) is 0 Å². The molecule has 1 aromatic rings. The van der Waals surface area contributed by atoms with Crippen molar-refractivity contribution < 1.29 is 23.1 Å². The summed E-state index contributed by atoms with van der Waals surface area (Å²) < 4.78 is 31.7. The van der Waals surface area contributed by atoms with E-state index in [1.54, 1.807) is 0 Å². The summed E-state index contributed by atoms with van der Waals surface area (Å²) in [5, 5.41) is 7.12. The average Bonchev–Trinajstić information content (AvgIpc) is 2.18. The SMILES string of the molecule is CCc1ccccc1.O=C(O)C(F)(F)F. The maximum absolute atomic E-state index is 10.6. The number of aliphatic carboxylic acids is 1. The summed E-state index contributed by atoms with van der Waals surface area (Å²) in [6, 6.07) is 10.5. The molecule has 0 unspecified atom stereocenters. The minimum absolute atomic E-state index is 1.14. The lowest BCUT2D eigenvalue weighted by Gasteiger charge is -1.93. The first kappa shape index (κ1) is 13.5. The topological polar surface area (TPSA) is 37.3 Å². The summed E-state index contributed by atoms with van der Waals surface area (Å²) in [5.74, 6) is -2.76. The van der Waals surface area contributed by atoms with E-state index < -0.39 is 12.1 Å². The second-order valence-electron chi connectivity index (χ2n) is 2.64. The van der Waals surface area contributed by atoms with Gasteiger partial charge < -0.3 is 5.11 Å². The summed E-state index contributed by atoms with van der Waals surface area (Å²) >= 11 is 0. The van der Waals surface area contributed by atoms with Crippen LogP contribution in [0.1, 0.15) is 12.5 Å². The highest BCUT2D eigenvalue weighted by molar-refractivity contribution is 5.73. The Morgan fingerprint density at radius 3 is 1.87 bits per heavy atom. The molecule has 15 heavy (non-hydrogen) atoms. The van der Waals surface area contributed by atoms with Crippen molar-refractivity contribution in [2.24, 2.45) is 0 Å². The molecular weight excluding hydrogens is 209 g/mol. The monoisotopic (exact) mass is 220 g/mol. The molecule has 1 N–H and O–H groups in total. The van der Waals surface area contributed by atoms with Crippen LogP contribution in [0.4, 0.5) is 13.2 Å². The Bertz CT molecular complexity index is 293. The van der Waals surface area contributed by atoms with Gasteiger partial charge in [-0.1, -0.05) is 37.3 Å². The molecule has 0 heterocycles. The quantitative estimate of drug-likeness (QED) is 0.790. The third-order valence-electron chi connectivity index (χ3n) is 1.49. The number of aryl methyl sites for hydroxylation is 1. The molecule has 0 fully saturated rings. The van der Waals surface area contributed by atoms with Crippen molar-refractivity contribution in [1.82, 2.24) is 0 Å². The van der Waals surface area contributed by atoms with Gasteiger partial charge in [0, 0.05) is 0 Å². The van der Waals surface area contributed by atoms with E-state index in [-0.39, 0.29) is 0 Å². The predicted octanol–water partition coefficient (Wildman–Crippen LogP) is 2.88. The Morgan fingerprint density at radius 2 is 1.67 bits per heavy atom. The lowest BCUT2D eigenvalue weighted by atomic mass is 10.2. The fourth-order valence-corrected chi connectivity index (χ4v) is 0.714. The number of carboxylic acids is 1. The normalized spacial score (nSPS) is 10.1. The zero-order valence-corrected chi connectivity index (χ0v) is 8.08. The third-order valence-corrected chi connectivity index (χ3v) is 1.49. The molecule has 0 saturated heterocycles. The molecule has 0 atom stereocenters.